The van der Waals surface area contributed by atoms with Crippen molar-refractivity contribution in [2.24, 2.45) is 0 Å². The van der Waals surface area contributed by atoms with Crippen molar-refractivity contribution in [2.75, 3.05) is 25.7 Å². The van der Waals surface area contributed by atoms with Crippen LogP contribution in [0.25, 0.3) is 0 Å². The summed E-state index contributed by atoms with van der Waals surface area (Å²) in [6.07, 6.45) is 0.691. The maximum Gasteiger partial charge on any atom is 0.295 e. The van der Waals surface area contributed by atoms with E-state index in [-0.39, 0.29) is 11.4 Å². The number of ether oxygens (including phenoxy) is 2. The molecule has 0 aliphatic carbocycles. The van der Waals surface area contributed by atoms with Gasteiger partial charge in [0.25, 0.3) is 5.69 Å². The lowest BCUT2D eigenvalue weighted by atomic mass is 9.98. The molecule has 3 rings (SSSR count). The highest BCUT2D eigenvalue weighted by Crippen LogP contribution is 2.38. The van der Waals surface area contributed by atoms with Crippen LogP contribution in [0, 0.1) is 15.9 Å². The van der Waals surface area contributed by atoms with E-state index in [4.69, 9.17) is 9.47 Å². The average Bonchev–Trinajstić information content (AvgIpc) is 2.60. The molecule has 0 saturated heterocycles. The van der Waals surface area contributed by atoms with Crippen molar-refractivity contribution in [3.63, 3.8) is 0 Å². The normalized spacial score (nSPS) is 13.4. The van der Waals surface area contributed by atoms with Crippen LogP contribution in [0.15, 0.2) is 30.3 Å². The summed E-state index contributed by atoms with van der Waals surface area (Å²) in [5.74, 6) is 0.0670. The molecule has 7 heteroatoms. The molecule has 0 bridgehead atoms. The molecular weight excluding hydrogens is 315 g/mol. The van der Waals surface area contributed by atoms with Crippen molar-refractivity contribution in [2.45, 2.75) is 13.0 Å². The number of hydrogen-bond acceptors (Lipinski definition) is 5. The zero-order chi connectivity index (χ0) is 17.3. The number of halogens is 1. The minimum absolute atomic E-state index is 0.00737. The third-order valence-corrected chi connectivity index (χ3v) is 4.23. The van der Waals surface area contributed by atoms with Crippen LogP contribution in [0.2, 0.25) is 0 Å². The fraction of sp³-hybridized carbons (Fsp3) is 0.294. The van der Waals surface area contributed by atoms with E-state index in [1.165, 1.54) is 13.2 Å². The fourth-order valence-corrected chi connectivity index (χ4v) is 3.06. The van der Waals surface area contributed by atoms with Crippen molar-refractivity contribution >= 4 is 11.4 Å². The molecule has 0 unspecified atom stereocenters. The highest BCUT2D eigenvalue weighted by atomic mass is 19.1. The second-order valence-electron chi connectivity index (χ2n) is 5.50. The van der Waals surface area contributed by atoms with E-state index in [9.17, 15) is 14.5 Å². The minimum Gasteiger partial charge on any atom is -0.496 e. The van der Waals surface area contributed by atoms with Crippen LogP contribution in [0.5, 0.6) is 11.5 Å². The number of benzene rings is 2. The molecule has 2 aromatic carbocycles. The Morgan fingerprint density at radius 1 is 1.21 bits per heavy atom. The van der Waals surface area contributed by atoms with Gasteiger partial charge in [-0.05, 0) is 18.1 Å². The SMILES string of the molecule is COc1cc(N2CCc3c(cccc3OC)C2)c([N+](=O)[O-])cc1F. The van der Waals surface area contributed by atoms with Gasteiger partial charge in [-0.2, -0.15) is 0 Å². The van der Waals surface area contributed by atoms with Crippen molar-refractivity contribution in [1.82, 2.24) is 0 Å². The summed E-state index contributed by atoms with van der Waals surface area (Å²) in [4.78, 5) is 12.6. The zero-order valence-corrected chi connectivity index (χ0v) is 13.4. The lowest BCUT2D eigenvalue weighted by Gasteiger charge is -2.31. The van der Waals surface area contributed by atoms with Crippen molar-refractivity contribution < 1.29 is 18.8 Å². The van der Waals surface area contributed by atoms with Gasteiger partial charge in [0, 0.05) is 24.7 Å². The van der Waals surface area contributed by atoms with Crippen LogP contribution in [0.4, 0.5) is 15.8 Å². The highest BCUT2D eigenvalue weighted by molar-refractivity contribution is 5.67. The zero-order valence-electron chi connectivity index (χ0n) is 13.4. The van der Waals surface area contributed by atoms with Gasteiger partial charge in [-0.3, -0.25) is 10.1 Å². The number of nitro groups is 1. The molecule has 1 heterocycles. The Hall–Kier alpha value is -2.83. The molecule has 2 aromatic rings. The predicted molar refractivity (Wildman–Crippen MR) is 87.4 cm³/mol. The summed E-state index contributed by atoms with van der Waals surface area (Å²) < 4.78 is 24.2. The van der Waals surface area contributed by atoms with Crippen molar-refractivity contribution in [1.29, 1.82) is 0 Å². The van der Waals surface area contributed by atoms with Gasteiger partial charge in [0.2, 0.25) is 0 Å². The van der Waals surface area contributed by atoms with Crippen LogP contribution in [0.3, 0.4) is 0 Å². The summed E-state index contributed by atoms with van der Waals surface area (Å²) in [6.45, 7) is 1.06. The standard InChI is InChI=1S/C17H17FN2O4/c1-23-16-5-3-4-11-10-19(7-6-12(11)16)14-9-17(24-2)13(18)8-15(14)20(21)22/h3-5,8-9H,6-7,10H2,1-2H3. The minimum atomic E-state index is -0.743. The van der Waals surface area contributed by atoms with Crippen LogP contribution >= 0.6 is 0 Å². The Kier molecular flexibility index (Phi) is 4.24. The van der Waals surface area contributed by atoms with Gasteiger partial charge >= 0.3 is 0 Å². The van der Waals surface area contributed by atoms with Crippen LogP contribution in [-0.4, -0.2) is 25.7 Å². The van der Waals surface area contributed by atoms with Crippen LogP contribution in [0.1, 0.15) is 11.1 Å². The van der Waals surface area contributed by atoms with E-state index in [1.807, 2.05) is 23.1 Å². The van der Waals surface area contributed by atoms with E-state index in [0.717, 1.165) is 22.9 Å². The number of anilines is 1. The molecular formula is C17H17FN2O4. The summed E-state index contributed by atoms with van der Waals surface area (Å²) in [7, 11) is 2.96. The molecule has 24 heavy (non-hydrogen) atoms. The molecule has 0 atom stereocenters. The number of hydrogen-bond donors (Lipinski definition) is 0. The molecule has 0 spiro atoms. The lowest BCUT2D eigenvalue weighted by molar-refractivity contribution is -0.384. The van der Waals surface area contributed by atoms with Crippen LogP contribution in [-0.2, 0) is 13.0 Å². The molecule has 0 fully saturated rings. The highest BCUT2D eigenvalue weighted by Gasteiger charge is 2.27. The second kappa shape index (κ2) is 6.35. The molecule has 0 radical (unpaired) electrons. The Bertz CT molecular complexity index is 794. The summed E-state index contributed by atoms with van der Waals surface area (Å²) in [5, 5.41) is 11.3. The average molecular weight is 332 g/mol. The van der Waals surface area contributed by atoms with Gasteiger partial charge in [-0.25, -0.2) is 4.39 Å². The summed E-state index contributed by atoms with van der Waals surface area (Å²) >= 11 is 0. The third-order valence-electron chi connectivity index (χ3n) is 4.23. The molecule has 126 valence electrons. The molecule has 1 aliphatic rings. The van der Waals surface area contributed by atoms with Crippen molar-refractivity contribution in [3.8, 4) is 11.5 Å². The second-order valence-corrected chi connectivity index (χ2v) is 5.50. The largest absolute Gasteiger partial charge is 0.496 e. The molecule has 6 nitrogen and oxygen atoms in total. The fourth-order valence-electron chi connectivity index (χ4n) is 3.06. The lowest BCUT2D eigenvalue weighted by Crippen LogP contribution is -2.31. The quantitative estimate of drug-likeness (QED) is 0.635. The summed E-state index contributed by atoms with van der Waals surface area (Å²) in [6, 6.07) is 8.06. The van der Waals surface area contributed by atoms with Crippen LogP contribution < -0.4 is 14.4 Å². The Morgan fingerprint density at radius 2 is 1.96 bits per heavy atom. The number of nitrogens with zero attached hydrogens (tertiary/aromatic N) is 2. The van der Waals surface area contributed by atoms with E-state index >= 15 is 0 Å². The van der Waals surface area contributed by atoms with Gasteiger partial charge in [0.05, 0.1) is 25.2 Å². The molecule has 0 N–H and O–H groups in total. The first-order valence-electron chi connectivity index (χ1n) is 7.46. The topological polar surface area (TPSA) is 64.8 Å². The maximum atomic E-state index is 13.8. The first-order valence-corrected chi connectivity index (χ1v) is 7.46. The third kappa shape index (κ3) is 2.73. The predicted octanol–water partition coefficient (Wildman–Crippen LogP) is 3.31. The van der Waals surface area contributed by atoms with E-state index in [0.29, 0.717) is 25.2 Å². The first kappa shape index (κ1) is 16.0. The number of rotatable bonds is 4. The van der Waals surface area contributed by atoms with Crippen molar-refractivity contribution in [3.05, 3.63) is 57.4 Å². The van der Waals surface area contributed by atoms with Gasteiger partial charge in [-0.1, -0.05) is 12.1 Å². The van der Waals surface area contributed by atoms with Gasteiger partial charge < -0.3 is 14.4 Å². The van der Waals surface area contributed by atoms with Gasteiger partial charge in [0.15, 0.2) is 11.6 Å². The first-order chi connectivity index (χ1) is 11.5. The monoisotopic (exact) mass is 332 g/mol. The number of nitro benzene ring substituents is 1. The Labute approximate surface area is 138 Å². The number of fused-ring (bicyclic) bond motifs is 1. The Balaban J connectivity index is 2.02. The number of methoxy groups -OCH3 is 2. The molecule has 0 amide bonds. The maximum absolute atomic E-state index is 13.8. The smallest absolute Gasteiger partial charge is 0.295 e. The van der Waals surface area contributed by atoms with E-state index in [2.05, 4.69) is 0 Å². The van der Waals surface area contributed by atoms with E-state index < -0.39 is 10.7 Å². The molecule has 1 aliphatic heterocycles. The van der Waals surface area contributed by atoms with E-state index in [1.54, 1.807) is 7.11 Å². The Morgan fingerprint density at radius 3 is 2.62 bits per heavy atom. The van der Waals surface area contributed by atoms with Gasteiger partial charge in [0.1, 0.15) is 11.4 Å². The molecule has 0 aromatic heterocycles. The summed E-state index contributed by atoms with van der Waals surface area (Å²) in [5.41, 5.74) is 2.23. The van der Waals surface area contributed by atoms with Gasteiger partial charge in [-0.15, -0.1) is 0 Å². The molecule has 0 saturated carbocycles.